The van der Waals surface area contributed by atoms with Gasteiger partial charge in [-0.1, -0.05) is 24.3 Å². The molecule has 7 heteroatoms. The Bertz CT molecular complexity index is 849. The molecule has 0 saturated carbocycles. The molecule has 0 fully saturated rings. The van der Waals surface area contributed by atoms with Gasteiger partial charge in [-0.2, -0.15) is 13.2 Å². The summed E-state index contributed by atoms with van der Waals surface area (Å²) in [7, 11) is 0. The Labute approximate surface area is 148 Å². The first-order chi connectivity index (χ1) is 12.3. The van der Waals surface area contributed by atoms with E-state index in [1.165, 1.54) is 19.1 Å². The number of carbonyl (C=O) groups is 2. The standard InChI is InChI=1S/C19H17F3N2O2/c1-13(25)24(16-7-4-6-15(11-16)19(20,21)22)12-18(26)23-10-9-14-5-2-3-8-17(14)23/h2-8,11H,9-10,12H2,1H3. The van der Waals surface area contributed by atoms with E-state index in [2.05, 4.69) is 0 Å². The van der Waals surface area contributed by atoms with Crippen LogP contribution < -0.4 is 9.80 Å². The number of carbonyl (C=O) groups excluding carboxylic acids is 2. The molecule has 0 radical (unpaired) electrons. The minimum atomic E-state index is -4.52. The van der Waals surface area contributed by atoms with Gasteiger partial charge in [-0.25, -0.2) is 0 Å². The minimum Gasteiger partial charge on any atom is -0.310 e. The summed E-state index contributed by atoms with van der Waals surface area (Å²) in [5, 5.41) is 0. The van der Waals surface area contributed by atoms with Gasteiger partial charge in [0.05, 0.1) is 5.56 Å². The molecule has 0 saturated heterocycles. The largest absolute Gasteiger partial charge is 0.416 e. The van der Waals surface area contributed by atoms with Gasteiger partial charge >= 0.3 is 6.18 Å². The monoisotopic (exact) mass is 362 g/mol. The predicted octanol–water partition coefficient (Wildman–Crippen LogP) is 3.65. The lowest BCUT2D eigenvalue weighted by molar-refractivity contribution is -0.137. The van der Waals surface area contributed by atoms with Crippen molar-refractivity contribution in [2.45, 2.75) is 19.5 Å². The first kappa shape index (κ1) is 18.0. The second-order valence-electron chi connectivity index (χ2n) is 6.08. The van der Waals surface area contributed by atoms with Crippen LogP contribution in [0.2, 0.25) is 0 Å². The average molecular weight is 362 g/mol. The lowest BCUT2D eigenvalue weighted by Crippen LogP contribution is -2.42. The summed E-state index contributed by atoms with van der Waals surface area (Å²) < 4.78 is 38.8. The van der Waals surface area contributed by atoms with Crippen LogP contribution in [0.25, 0.3) is 0 Å². The fourth-order valence-electron chi connectivity index (χ4n) is 3.05. The molecule has 136 valence electrons. The van der Waals surface area contributed by atoms with E-state index < -0.39 is 17.6 Å². The molecule has 0 aromatic heterocycles. The Morgan fingerprint density at radius 3 is 2.54 bits per heavy atom. The van der Waals surface area contributed by atoms with Crippen LogP contribution in [0.5, 0.6) is 0 Å². The number of benzene rings is 2. The molecule has 1 aliphatic rings. The molecule has 0 spiro atoms. The summed E-state index contributed by atoms with van der Waals surface area (Å²) >= 11 is 0. The second-order valence-corrected chi connectivity index (χ2v) is 6.08. The molecule has 1 heterocycles. The van der Waals surface area contributed by atoms with Crippen molar-refractivity contribution in [3.8, 4) is 0 Å². The Morgan fingerprint density at radius 2 is 1.85 bits per heavy atom. The SMILES string of the molecule is CC(=O)N(CC(=O)N1CCc2ccccc21)c1cccc(C(F)(F)F)c1. The number of rotatable bonds is 3. The van der Waals surface area contributed by atoms with Gasteiger partial charge in [-0.3, -0.25) is 9.59 Å². The Kier molecular flexibility index (Phi) is 4.71. The van der Waals surface area contributed by atoms with Crippen LogP contribution >= 0.6 is 0 Å². The molecule has 3 rings (SSSR count). The minimum absolute atomic E-state index is 0.0492. The van der Waals surface area contributed by atoms with Crippen LogP contribution in [-0.2, 0) is 22.2 Å². The van der Waals surface area contributed by atoms with Crippen molar-refractivity contribution >= 4 is 23.2 Å². The maximum Gasteiger partial charge on any atom is 0.416 e. The van der Waals surface area contributed by atoms with E-state index >= 15 is 0 Å². The summed E-state index contributed by atoms with van der Waals surface area (Å²) in [6, 6.07) is 11.9. The van der Waals surface area contributed by atoms with E-state index in [-0.39, 0.29) is 18.1 Å². The topological polar surface area (TPSA) is 40.6 Å². The highest BCUT2D eigenvalue weighted by Crippen LogP contribution is 2.32. The number of amides is 2. The molecule has 2 amide bonds. The van der Waals surface area contributed by atoms with Gasteiger partial charge in [-0.15, -0.1) is 0 Å². The number of hydrogen-bond donors (Lipinski definition) is 0. The zero-order valence-corrected chi connectivity index (χ0v) is 14.1. The van der Waals surface area contributed by atoms with Crippen molar-refractivity contribution in [3.63, 3.8) is 0 Å². The Morgan fingerprint density at radius 1 is 1.12 bits per heavy atom. The summed E-state index contributed by atoms with van der Waals surface area (Å²) in [5.41, 5.74) is 1.01. The fourth-order valence-corrected chi connectivity index (χ4v) is 3.05. The van der Waals surface area contributed by atoms with Gasteiger partial charge in [0.2, 0.25) is 11.8 Å². The number of hydrogen-bond acceptors (Lipinski definition) is 2. The summed E-state index contributed by atoms with van der Waals surface area (Å²) in [5.74, 6) is -0.826. The first-order valence-electron chi connectivity index (χ1n) is 8.11. The first-order valence-corrected chi connectivity index (χ1v) is 8.11. The van der Waals surface area contributed by atoms with E-state index in [1.54, 1.807) is 4.90 Å². The second kappa shape index (κ2) is 6.82. The fraction of sp³-hybridized carbons (Fsp3) is 0.263. The molecule has 26 heavy (non-hydrogen) atoms. The molecule has 4 nitrogen and oxygen atoms in total. The molecule has 0 aliphatic carbocycles. The molecule has 1 aliphatic heterocycles. The highest BCUT2D eigenvalue weighted by atomic mass is 19.4. The molecular formula is C19H17F3N2O2. The predicted molar refractivity (Wildman–Crippen MR) is 92.0 cm³/mol. The van der Waals surface area contributed by atoms with Gasteiger partial charge in [0.15, 0.2) is 0 Å². The van der Waals surface area contributed by atoms with Crippen molar-refractivity contribution in [1.29, 1.82) is 0 Å². The molecule has 2 aromatic rings. The van der Waals surface area contributed by atoms with Crippen LogP contribution in [0, 0.1) is 0 Å². The number of halogens is 3. The number of fused-ring (bicyclic) bond motifs is 1. The summed E-state index contributed by atoms with van der Waals surface area (Å²) in [6.07, 6.45) is -3.80. The van der Waals surface area contributed by atoms with E-state index in [0.29, 0.717) is 13.0 Å². The zero-order chi connectivity index (χ0) is 18.9. The van der Waals surface area contributed by atoms with Crippen LogP contribution in [0.15, 0.2) is 48.5 Å². The quantitative estimate of drug-likeness (QED) is 0.836. The van der Waals surface area contributed by atoms with Gasteiger partial charge < -0.3 is 9.80 Å². The zero-order valence-electron chi connectivity index (χ0n) is 14.1. The van der Waals surface area contributed by atoms with Crippen molar-refractivity contribution in [2.75, 3.05) is 22.9 Å². The van der Waals surface area contributed by atoms with Gasteiger partial charge in [0.25, 0.3) is 0 Å². The highest BCUT2D eigenvalue weighted by molar-refractivity contribution is 6.03. The van der Waals surface area contributed by atoms with Crippen LogP contribution in [-0.4, -0.2) is 24.9 Å². The maximum absolute atomic E-state index is 12.9. The lowest BCUT2D eigenvalue weighted by atomic mass is 10.1. The molecule has 2 aromatic carbocycles. The molecular weight excluding hydrogens is 345 g/mol. The van der Waals surface area contributed by atoms with E-state index in [9.17, 15) is 22.8 Å². The van der Waals surface area contributed by atoms with Crippen molar-refractivity contribution in [1.82, 2.24) is 0 Å². The molecule has 0 bridgehead atoms. The van der Waals surface area contributed by atoms with Gasteiger partial charge in [0, 0.05) is 24.8 Å². The molecule has 0 unspecified atom stereocenters. The van der Waals surface area contributed by atoms with Crippen LogP contribution in [0.4, 0.5) is 24.5 Å². The smallest absolute Gasteiger partial charge is 0.310 e. The third kappa shape index (κ3) is 3.56. The Hall–Kier alpha value is -2.83. The highest BCUT2D eigenvalue weighted by Gasteiger charge is 2.32. The maximum atomic E-state index is 12.9. The summed E-state index contributed by atoms with van der Waals surface area (Å²) in [6.45, 7) is 1.41. The van der Waals surface area contributed by atoms with Crippen LogP contribution in [0.3, 0.4) is 0 Å². The molecule has 0 N–H and O–H groups in total. The third-order valence-corrected chi connectivity index (χ3v) is 4.35. The lowest BCUT2D eigenvalue weighted by Gasteiger charge is -2.25. The van der Waals surface area contributed by atoms with Crippen molar-refractivity contribution in [2.24, 2.45) is 0 Å². The van der Waals surface area contributed by atoms with E-state index in [4.69, 9.17) is 0 Å². The van der Waals surface area contributed by atoms with Crippen LogP contribution in [0.1, 0.15) is 18.1 Å². The number of para-hydroxylation sites is 1. The normalized spacial score (nSPS) is 13.5. The number of nitrogens with zero attached hydrogens (tertiary/aromatic N) is 2. The number of alkyl halides is 3. The molecule has 0 atom stereocenters. The van der Waals surface area contributed by atoms with Gasteiger partial charge in [0.1, 0.15) is 6.54 Å². The van der Waals surface area contributed by atoms with Crippen molar-refractivity contribution < 1.29 is 22.8 Å². The Balaban J connectivity index is 1.84. The summed E-state index contributed by atoms with van der Waals surface area (Å²) in [4.78, 5) is 27.3. The number of anilines is 2. The average Bonchev–Trinajstić information content (AvgIpc) is 3.03. The van der Waals surface area contributed by atoms with Crippen molar-refractivity contribution in [3.05, 3.63) is 59.7 Å². The third-order valence-electron chi connectivity index (χ3n) is 4.35. The van der Waals surface area contributed by atoms with Gasteiger partial charge in [-0.05, 0) is 36.2 Å². The van der Waals surface area contributed by atoms with E-state index in [0.717, 1.165) is 28.3 Å². The van der Waals surface area contributed by atoms with E-state index in [1.807, 2.05) is 24.3 Å².